The standard InChI is InChI=1S/C19H22BrNO6S/c1-4-25-16-8-14(15(20)10-17(16)26-5-2)11-27-19(22)13-7-6-12(3)18(9-13)28(21,23)24/h6-10H,4-5,11H2,1-3H3,(H2,21,23,24). The molecule has 2 rings (SSSR count). The summed E-state index contributed by atoms with van der Waals surface area (Å²) in [6.45, 7) is 6.24. The van der Waals surface area contributed by atoms with Gasteiger partial charge in [-0.05, 0) is 50.6 Å². The van der Waals surface area contributed by atoms with E-state index in [1.807, 2.05) is 13.8 Å². The van der Waals surface area contributed by atoms with Crippen molar-refractivity contribution < 1.29 is 27.4 Å². The summed E-state index contributed by atoms with van der Waals surface area (Å²) in [4.78, 5) is 12.3. The van der Waals surface area contributed by atoms with Crippen molar-refractivity contribution in [3.05, 3.63) is 51.5 Å². The van der Waals surface area contributed by atoms with Crippen LogP contribution in [-0.4, -0.2) is 27.6 Å². The van der Waals surface area contributed by atoms with Crippen molar-refractivity contribution in [3.63, 3.8) is 0 Å². The molecule has 0 spiro atoms. The molecule has 152 valence electrons. The first-order valence-corrected chi connectivity index (χ1v) is 10.9. The third-order valence-corrected chi connectivity index (χ3v) is 5.59. The number of aryl methyl sites for hydroxylation is 1. The molecule has 2 N–H and O–H groups in total. The average Bonchev–Trinajstić information content (AvgIpc) is 2.62. The Balaban J connectivity index is 2.22. The second-order valence-electron chi connectivity index (χ2n) is 5.86. The lowest BCUT2D eigenvalue weighted by Gasteiger charge is -2.14. The van der Waals surface area contributed by atoms with E-state index < -0.39 is 16.0 Å². The van der Waals surface area contributed by atoms with Crippen molar-refractivity contribution in [3.8, 4) is 11.5 Å². The van der Waals surface area contributed by atoms with Crippen LogP contribution in [0.2, 0.25) is 0 Å². The number of primary sulfonamides is 1. The van der Waals surface area contributed by atoms with E-state index >= 15 is 0 Å². The van der Waals surface area contributed by atoms with Crippen LogP contribution in [0.15, 0.2) is 39.7 Å². The highest BCUT2D eigenvalue weighted by molar-refractivity contribution is 9.10. The molecule has 2 aromatic rings. The fourth-order valence-corrected chi connectivity index (χ4v) is 3.73. The Morgan fingerprint density at radius 3 is 2.25 bits per heavy atom. The number of carbonyl (C=O) groups excluding carboxylic acids is 1. The molecule has 0 fully saturated rings. The number of halogens is 1. The molecule has 2 aromatic carbocycles. The monoisotopic (exact) mass is 471 g/mol. The van der Waals surface area contributed by atoms with Crippen molar-refractivity contribution >= 4 is 31.9 Å². The molecule has 0 bridgehead atoms. The maximum Gasteiger partial charge on any atom is 0.338 e. The number of carbonyl (C=O) groups is 1. The number of nitrogens with two attached hydrogens (primary N) is 1. The summed E-state index contributed by atoms with van der Waals surface area (Å²) < 4.78 is 40.4. The Labute approximate surface area is 173 Å². The van der Waals surface area contributed by atoms with E-state index in [1.54, 1.807) is 19.1 Å². The van der Waals surface area contributed by atoms with Gasteiger partial charge in [-0.15, -0.1) is 0 Å². The Bertz CT molecular complexity index is 975. The maximum atomic E-state index is 12.4. The van der Waals surface area contributed by atoms with Crippen LogP contribution < -0.4 is 14.6 Å². The Hall–Kier alpha value is -2.10. The Kier molecular flexibility index (Phi) is 7.45. The Morgan fingerprint density at radius 1 is 1.07 bits per heavy atom. The van der Waals surface area contributed by atoms with Crippen LogP contribution in [0.4, 0.5) is 0 Å². The number of hydrogen-bond acceptors (Lipinski definition) is 6. The molecule has 28 heavy (non-hydrogen) atoms. The van der Waals surface area contributed by atoms with E-state index in [4.69, 9.17) is 19.3 Å². The molecule has 9 heteroatoms. The minimum atomic E-state index is -3.93. The minimum Gasteiger partial charge on any atom is -0.490 e. The molecule has 0 saturated carbocycles. The van der Waals surface area contributed by atoms with Gasteiger partial charge in [-0.25, -0.2) is 18.4 Å². The fraction of sp³-hybridized carbons (Fsp3) is 0.316. The van der Waals surface area contributed by atoms with Gasteiger partial charge in [-0.2, -0.15) is 0 Å². The minimum absolute atomic E-state index is 0.0372. The van der Waals surface area contributed by atoms with Crippen LogP contribution in [0.3, 0.4) is 0 Å². The highest BCUT2D eigenvalue weighted by atomic mass is 79.9. The molecule has 0 aliphatic carbocycles. The van der Waals surface area contributed by atoms with Crippen molar-refractivity contribution in [1.82, 2.24) is 0 Å². The van der Waals surface area contributed by atoms with Crippen LogP contribution in [0.1, 0.15) is 35.3 Å². The van der Waals surface area contributed by atoms with Gasteiger partial charge in [-0.3, -0.25) is 0 Å². The summed E-state index contributed by atoms with van der Waals surface area (Å²) in [6.07, 6.45) is 0. The zero-order chi connectivity index (χ0) is 20.9. The lowest BCUT2D eigenvalue weighted by Crippen LogP contribution is -2.15. The molecule has 0 amide bonds. The smallest absolute Gasteiger partial charge is 0.338 e. The first-order chi connectivity index (χ1) is 13.2. The van der Waals surface area contributed by atoms with Crippen LogP contribution >= 0.6 is 15.9 Å². The van der Waals surface area contributed by atoms with Crippen LogP contribution in [0, 0.1) is 6.92 Å². The molecule has 0 unspecified atom stereocenters. The molecule has 0 saturated heterocycles. The molecule has 0 aromatic heterocycles. The number of rotatable bonds is 8. The van der Waals surface area contributed by atoms with Crippen LogP contribution in [0.25, 0.3) is 0 Å². The van der Waals surface area contributed by atoms with Crippen LogP contribution in [-0.2, 0) is 21.4 Å². The first kappa shape index (κ1) is 22.2. The summed E-state index contributed by atoms with van der Waals surface area (Å²) >= 11 is 3.43. The predicted molar refractivity (Wildman–Crippen MR) is 108 cm³/mol. The van der Waals surface area contributed by atoms with Gasteiger partial charge in [-0.1, -0.05) is 22.0 Å². The predicted octanol–water partition coefficient (Wildman–Crippen LogP) is 3.56. The van der Waals surface area contributed by atoms with E-state index in [9.17, 15) is 13.2 Å². The molecular weight excluding hydrogens is 450 g/mol. The molecule has 0 aliphatic heterocycles. The van der Waals surface area contributed by atoms with Crippen LogP contribution in [0.5, 0.6) is 11.5 Å². The first-order valence-electron chi connectivity index (χ1n) is 8.56. The van der Waals surface area contributed by atoms with E-state index in [1.165, 1.54) is 18.2 Å². The number of esters is 1. The summed E-state index contributed by atoms with van der Waals surface area (Å²) in [6, 6.07) is 7.70. The van der Waals surface area contributed by atoms with Gasteiger partial charge in [0.2, 0.25) is 10.0 Å². The van der Waals surface area contributed by atoms with Crippen molar-refractivity contribution in [2.75, 3.05) is 13.2 Å². The van der Waals surface area contributed by atoms with Gasteiger partial charge < -0.3 is 14.2 Å². The second-order valence-corrected chi connectivity index (χ2v) is 8.24. The summed E-state index contributed by atoms with van der Waals surface area (Å²) in [5.41, 5.74) is 1.23. The maximum absolute atomic E-state index is 12.4. The highest BCUT2D eigenvalue weighted by Crippen LogP contribution is 2.34. The molecular formula is C19H22BrNO6S. The van der Waals surface area contributed by atoms with E-state index in [0.717, 1.165) is 0 Å². The van der Waals surface area contributed by atoms with E-state index in [-0.39, 0.29) is 17.1 Å². The van der Waals surface area contributed by atoms with Gasteiger partial charge in [0.15, 0.2) is 11.5 Å². The summed E-state index contributed by atoms with van der Waals surface area (Å²) in [5, 5.41) is 5.18. The number of benzene rings is 2. The quantitative estimate of drug-likeness (QED) is 0.590. The fourth-order valence-electron chi connectivity index (χ4n) is 2.48. The third kappa shape index (κ3) is 5.46. The van der Waals surface area contributed by atoms with Crippen molar-refractivity contribution in [1.29, 1.82) is 0 Å². The lowest BCUT2D eigenvalue weighted by atomic mass is 10.1. The topological polar surface area (TPSA) is 105 Å². The average molecular weight is 472 g/mol. The van der Waals surface area contributed by atoms with Crippen molar-refractivity contribution in [2.24, 2.45) is 5.14 Å². The second kappa shape index (κ2) is 9.40. The van der Waals surface area contributed by atoms with Gasteiger partial charge in [0.05, 0.1) is 23.7 Å². The number of ether oxygens (including phenoxy) is 3. The molecule has 0 atom stereocenters. The SMILES string of the molecule is CCOc1cc(Br)c(COC(=O)c2ccc(C)c(S(N)(=O)=O)c2)cc1OCC. The normalized spacial score (nSPS) is 11.2. The molecule has 0 heterocycles. The zero-order valence-corrected chi connectivity index (χ0v) is 18.2. The zero-order valence-electron chi connectivity index (χ0n) is 15.8. The Morgan fingerprint density at radius 2 is 1.68 bits per heavy atom. The molecule has 0 aliphatic rings. The summed E-state index contributed by atoms with van der Waals surface area (Å²) in [5.74, 6) is 0.469. The number of sulfonamides is 1. The largest absolute Gasteiger partial charge is 0.490 e. The van der Waals surface area contributed by atoms with Gasteiger partial charge >= 0.3 is 5.97 Å². The molecule has 0 radical (unpaired) electrons. The van der Waals surface area contributed by atoms with Gasteiger partial charge in [0.25, 0.3) is 0 Å². The van der Waals surface area contributed by atoms with Crippen molar-refractivity contribution in [2.45, 2.75) is 32.3 Å². The van der Waals surface area contributed by atoms with E-state index in [2.05, 4.69) is 15.9 Å². The lowest BCUT2D eigenvalue weighted by molar-refractivity contribution is 0.0471. The van der Waals surface area contributed by atoms with Gasteiger partial charge in [0, 0.05) is 10.0 Å². The highest BCUT2D eigenvalue weighted by Gasteiger charge is 2.17. The summed E-state index contributed by atoms with van der Waals surface area (Å²) in [7, 11) is -3.93. The molecule has 7 nitrogen and oxygen atoms in total. The number of hydrogen-bond donors (Lipinski definition) is 1. The van der Waals surface area contributed by atoms with E-state index in [0.29, 0.717) is 40.3 Å². The van der Waals surface area contributed by atoms with Gasteiger partial charge in [0.1, 0.15) is 6.61 Å². The third-order valence-electron chi connectivity index (χ3n) is 3.80.